The van der Waals surface area contributed by atoms with Gasteiger partial charge in [0.25, 0.3) is 17.7 Å². The molecule has 1 saturated heterocycles. The molecule has 9 heteroatoms. The van der Waals surface area contributed by atoms with Crippen LogP contribution in [0.2, 0.25) is 0 Å². The van der Waals surface area contributed by atoms with E-state index in [0.29, 0.717) is 22.7 Å². The van der Waals surface area contributed by atoms with Crippen LogP contribution in [0.5, 0.6) is 5.75 Å². The number of nitrogens with one attached hydrogen (secondary N) is 2. The number of nitrogens with zero attached hydrogens (tertiary/aromatic N) is 1. The van der Waals surface area contributed by atoms with Crippen LogP contribution in [0.4, 0.5) is 15.8 Å². The second kappa shape index (κ2) is 10.3. The maximum absolute atomic E-state index is 13.3. The molecule has 0 aliphatic carbocycles. The largest absolute Gasteiger partial charge is 0.483 e. The predicted molar refractivity (Wildman–Crippen MR) is 134 cm³/mol. The zero-order chi connectivity index (χ0) is 24.9. The van der Waals surface area contributed by atoms with Crippen molar-refractivity contribution in [3.8, 4) is 5.75 Å². The number of thiocarbonyl (C=S) groups is 1. The van der Waals surface area contributed by atoms with Crippen LogP contribution in [-0.2, 0) is 14.4 Å². The summed E-state index contributed by atoms with van der Waals surface area (Å²) in [7, 11) is 0. The van der Waals surface area contributed by atoms with E-state index in [0.717, 1.165) is 10.5 Å². The Labute approximate surface area is 206 Å². The Morgan fingerprint density at radius 2 is 1.74 bits per heavy atom. The summed E-state index contributed by atoms with van der Waals surface area (Å²) >= 11 is 5.15. The molecule has 0 bridgehead atoms. The van der Waals surface area contributed by atoms with Gasteiger partial charge in [-0.1, -0.05) is 35.9 Å². The molecule has 0 saturated carbocycles. The molecule has 0 aromatic heterocycles. The summed E-state index contributed by atoms with van der Waals surface area (Å²) in [6.45, 7) is 1.67. The van der Waals surface area contributed by atoms with Gasteiger partial charge in [-0.25, -0.2) is 4.39 Å². The quantitative estimate of drug-likeness (QED) is 0.311. The summed E-state index contributed by atoms with van der Waals surface area (Å²) in [5.74, 6) is -1.87. The first-order chi connectivity index (χ1) is 16.8. The molecule has 176 valence electrons. The van der Waals surface area contributed by atoms with E-state index in [1.165, 1.54) is 30.3 Å². The predicted octanol–water partition coefficient (Wildman–Crippen LogP) is 3.98. The average molecular weight is 490 g/mol. The zero-order valence-corrected chi connectivity index (χ0v) is 19.4. The van der Waals surface area contributed by atoms with Gasteiger partial charge in [0, 0.05) is 11.3 Å². The molecule has 1 aliphatic rings. The molecular formula is C26H20FN3O4S. The maximum Gasteiger partial charge on any atom is 0.270 e. The van der Waals surface area contributed by atoms with Crippen LogP contribution in [0.1, 0.15) is 11.1 Å². The Morgan fingerprint density at radius 1 is 1.06 bits per heavy atom. The van der Waals surface area contributed by atoms with E-state index in [2.05, 4.69) is 10.6 Å². The van der Waals surface area contributed by atoms with E-state index >= 15 is 0 Å². The van der Waals surface area contributed by atoms with Crippen LogP contribution in [0.15, 0.2) is 78.4 Å². The van der Waals surface area contributed by atoms with Crippen molar-refractivity contribution in [3.05, 3.63) is 95.3 Å². The lowest BCUT2D eigenvalue weighted by Gasteiger charge is -2.29. The van der Waals surface area contributed by atoms with Crippen LogP contribution < -0.4 is 20.3 Å². The van der Waals surface area contributed by atoms with E-state index < -0.39 is 17.6 Å². The highest BCUT2D eigenvalue weighted by Gasteiger charge is 2.34. The van der Waals surface area contributed by atoms with Crippen molar-refractivity contribution in [1.29, 1.82) is 0 Å². The lowest BCUT2D eigenvalue weighted by molar-refractivity contribution is -0.122. The van der Waals surface area contributed by atoms with Gasteiger partial charge in [-0.05, 0) is 67.7 Å². The molecule has 1 aliphatic heterocycles. The van der Waals surface area contributed by atoms with E-state index in [1.54, 1.807) is 36.4 Å². The number of rotatable bonds is 6. The minimum absolute atomic E-state index is 0.110. The van der Waals surface area contributed by atoms with Gasteiger partial charge in [0.05, 0.1) is 5.69 Å². The number of halogens is 1. The molecular weight excluding hydrogens is 469 g/mol. The topological polar surface area (TPSA) is 87.7 Å². The molecule has 35 heavy (non-hydrogen) atoms. The van der Waals surface area contributed by atoms with Gasteiger partial charge >= 0.3 is 0 Å². The molecule has 1 fully saturated rings. The number of amides is 3. The van der Waals surface area contributed by atoms with Crippen molar-refractivity contribution < 1.29 is 23.5 Å². The molecule has 0 radical (unpaired) electrons. The fraction of sp³-hybridized carbons (Fsp3) is 0.0769. The highest BCUT2D eigenvalue weighted by atomic mass is 32.1. The number of carbonyl (C=O) groups is 3. The fourth-order valence-electron chi connectivity index (χ4n) is 3.35. The van der Waals surface area contributed by atoms with Crippen molar-refractivity contribution in [1.82, 2.24) is 5.32 Å². The van der Waals surface area contributed by atoms with Gasteiger partial charge in [0.15, 0.2) is 11.7 Å². The third-order valence-corrected chi connectivity index (χ3v) is 5.38. The summed E-state index contributed by atoms with van der Waals surface area (Å²) in [6.07, 6.45) is 1.36. The Kier molecular flexibility index (Phi) is 6.98. The third kappa shape index (κ3) is 5.59. The molecule has 2 N–H and O–H groups in total. The summed E-state index contributed by atoms with van der Waals surface area (Å²) in [4.78, 5) is 39.2. The summed E-state index contributed by atoms with van der Waals surface area (Å²) in [5, 5.41) is 5.11. The number of para-hydroxylation sites is 1. The number of carbonyl (C=O) groups excluding carboxylic acids is 3. The molecule has 0 atom stereocenters. The average Bonchev–Trinajstić information content (AvgIpc) is 2.83. The number of anilines is 2. The van der Waals surface area contributed by atoms with Crippen LogP contribution in [-0.4, -0.2) is 29.4 Å². The smallest absolute Gasteiger partial charge is 0.270 e. The number of ether oxygens (including phenoxy) is 1. The molecule has 4 rings (SSSR count). The molecule has 0 spiro atoms. The molecule has 1 heterocycles. The van der Waals surface area contributed by atoms with Gasteiger partial charge in [-0.15, -0.1) is 0 Å². The third-order valence-electron chi connectivity index (χ3n) is 5.10. The normalized spacial score (nSPS) is 14.6. The van der Waals surface area contributed by atoms with E-state index in [-0.39, 0.29) is 23.2 Å². The molecule has 3 aromatic rings. The van der Waals surface area contributed by atoms with Crippen molar-refractivity contribution in [2.75, 3.05) is 16.8 Å². The molecule has 3 aromatic carbocycles. The van der Waals surface area contributed by atoms with Gasteiger partial charge in [-0.2, -0.15) is 0 Å². The highest BCUT2D eigenvalue weighted by molar-refractivity contribution is 7.80. The van der Waals surface area contributed by atoms with Crippen molar-refractivity contribution in [2.24, 2.45) is 0 Å². The Bertz CT molecular complexity index is 1340. The minimum atomic E-state index is -0.676. The van der Waals surface area contributed by atoms with E-state index in [9.17, 15) is 18.8 Å². The van der Waals surface area contributed by atoms with E-state index in [4.69, 9.17) is 17.0 Å². The molecule has 0 unspecified atom stereocenters. The molecule has 7 nitrogen and oxygen atoms in total. The first-order valence-corrected chi connectivity index (χ1v) is 11.0. The number of benzene rings is 3. The van der Waals surface area contributed by atoms with Crippen molar-refractivity contribution in [3.63, 3.8) is 0 Å². The van der Waals surface area contributed by atoms with E-state index in [1.807, 2.05) is 19.1 Å². The van der Waals surface area contributed by atoms with Crippen LogP contribution >= 0.6 is 12.2 Å². The first-order valence-electron chi connectivity index (χ1n) is 10.6. The van der Waals surface area contributed by atoms with Gasteiger partial charge in [0.2, 0.25) is 0 Å². The standard InChI is InChI=1S/C26H20FN3O4S/c1-16-6-10-19(11-7-16)28-23(31)15-34-22-5-3-2-4-17(22)14-21-24(32)29-26(35)30(25(21)33)20-12-8-18(27)9-13-20/h2-14H,15H2,1H3,(H,28,31)(H,29,32,35). The van der Waals surface area contributed by atoms with Crippen LogP contribution in [0.3, 0.4) is 0 Å². The van der Waals surface area contributed by atoms with Crippen molar-refractivity contribution in [2.45, 2.75) is 6.92 Å². The monoisotopic (exact) mass is 489 g/mol. The Hall–Kier alpha value is -4.37. The maximum atomic E-state index is 13.3. The summed E-state index contributed by atoms with van der Waals surface area (Å²) in [6, 6.07) is 19.2. The second-order valence-corrected chi connectivity index (χ2v) is 8.06. The summed E-state index contributed by atoms with van der Waals surface area (Å²) < 4.78 is 19.0. The van der Waals surface area contributed by atoms with Crippen LogP contribution in [0, 0.1) is 12.7 Å². The van der Waals surface area contributed by atoms with Gasteiger partial charge < -0.3 is 10.1 Å². The second-order valence-electron chi connectivity index (χ2n) is 7.67. The minimum Gasteiger partial charge on any atom is -0.483 e. The lowest BCUT2D eigenvalue weighted by Crippen LogP contribution is -2.54. The highest BCUT2D eigenvalue weighted by Crippen LogP contribution is 2.26. The lowest BCUT2D eigenvalue weighted by atomic mass is 10.1. The fourth-order valence-corrected chi connectivity index (χ4v) is 3.63. The SMILES string of the molecule is Cc1ccc(NC(=O)COc2ccccc2C=C2C(=O)NC(=S)N(c3ccc(F)cc3)C2=O)cc1. The Morgan fingerprint density at radius 3 is 2.46 bits per heavy atom. The molecule has 3 amide bonds. The number of aryl methyl sites for hydroxylation is 1. The van der Waals surface area contributed by atoms with Gasteiger partial charge in [0.1, 0.15) is 17.1 Å². The summed E-state index contributed by atoms with van der Waals surface area (Å²) in [5.41, 5.74) is 2.25. The number of hydrogen-bond acceptors (Lipinski definition) is 5. The van der Waals surface area contributed by atoms with Crippen LogP contribution in [0.25, 0.3) is 6.08 Å². The number of hydrogen-bond donors (Lipinski definition) is 2. The zero-order valence-electron chi connectivity index (χ0n) is 18.6. The van der Waals surface area contributed by atoms with Gasteiger partial charge in [-0.3, -0.25) is 24.6 Å². The van der Waals surface area contributed by atoms with Crippen molar-refractivity contribution >= 4 is 52.5 Å². The first kappa shape index (κ1) is 23.8. The Balaban J connectivity index is 1.53.